The van der Waals surface area contributed by atoms with E-state index in [0.29, 0.717) is 23.2 Å². The predicted molar refractivity (Wildman–Crippen MR) is 133 cm³/mol. The highest BCUT2D eigenvalue weighted by Crippen LogP contribution is 2.41. The summed E-state index contributed by atoms with van der Waals surface area (Å²) in [5, 5.41) is 16.0. The molecule has 1 aromatic heterocycles. The lowest BCUT2D eigenvalue weighted by Crippen LogP contribution is -2.32. The summed E-state index contributed by atoms with van der Waals surface area (Å²) < 4.78 is 21.6. The van der Waals surface area contributed by atoms with E-state index in [1.807, 2.05) is 12.1 Å². The van der Waals surface area contributed by atoms with Crippen LogP contribution in [0, 0.1) is 0 Å². The highest BCUT2D eigenvalue weighted by molar-refractivity contribution is 5.72. The summed E-state index contributed by atoms with van der Waals surface area (Å²) >= 11 is 0. The molecular formula is C27H32N2O7. The second kappa shape index (κ2) is 10.0. The number of phenols is 1. The number of phenolic OH excluding ortho intramolecular Hbond substituents is 1. The van der Waals surface area contributed by atoms with E-state index >= 15 is 0 Å². The minimum atomic E-state index is -0.674. The number of aromatic hydroxyl groups is 1. The molecule has 9 heteroatoms. The Labute approximate surface area is 209 Å². The van der Waals surface area contributed by atoms with Crippen LogP contribution in [0.5, 0.6) is 23.0 Å². The molecule has 36 heavy (non-hydrogen) atoms. The molecule has 4 rings (SSSR count). The number of rotatable bonds is 8. The van der Waals surface area contributed by atoms with Crippen molar-refractivity contribution in [3.05, 3.63) is 68.6 Å². The quantitative estimate of drug-likeness (QED) is 0.405. The molecular weight excluding hydrogens is 464 g/mol. The average molecular weight is 497 g/mol. The van der Waals surface area contributed by atoms with Gasteiger partial charge >= 0.3 is 5.97 Å². The molecule has 192 valence electrons. The minimum absolute atomic E-state index is 0.0887. The monoisotopic (exact) mass is 496 g/mol. The van der Waals surface area contributed by atoms with E-state index in [4.69, 9.17) is 18.9 Å². The molecule has 1 atom stereocenters. The van der Waals surface area contributed by atoms with Crippen LogP contribution < -0.4 is 19.8 Å². The highest BCUT2D eigenvalue weighted by atomic mass is 16.5. The Hall–Kier alpha value is -3.88. The molecule has 9 nitrogen and oxygen atoms in total. The number of esters is 1. The molecule has 0 bridgehead atoms. The van der Waals surface area contributed by atoms with Crippen LogP contribution in [0.15, 0.2) is 35.1 Å². The number of carbonyl (C=O) groups excluding carboxylic acids is 1. The van der Waals surface area contributed by atoms with Crippen molar-refractivity contribution in [2.45, 2.75) is 51.0 Å². The first kappa shape index (κ1) is 25.2. The van der Waals surface area contributed by atoms with E-state index in [-0.39, 0.29) is 34.8 Å². The minimum Gasteiger partial charge on any atom is -0.502 e. The van der Waals surface area contributed by atoms with Crippen molar-refractivity contribution in [2.24, 2.45) is 0 Å². The Morgan fingerprint density at radius 1 is 1.11 bits per heavy atom. The van der Waals surface area contributed by atoms with E-state index in [2.05, 4.69) is 30.1 Å². The summed E-state index contributed by atoms with van der Waals surface area (Å²) in [6.07, 6.45) is 2.18. The molecule has 0 saturated heterocycles. The number of hydrogen-bond donors (Lipinski definition) is 3. The molecule has 1 aliphatic rings. The van der Waals surface area contributed by atoms with E-state index < -0.39 is 11.9 Å². The summed E-state index contributed by atoms with van der Waals surface area (Å²) in [7, 11) is 4.14. The number of aryl methyl sites for hydroxylation is 1. The van der Waals surface area contributed by atoms with Crippen LogP contribution in [0.3, 0.4) is 0 Å². The van der Waals surface area contributed by atoms with Gasteiger partial charge in [-0.05, 0) is 61.6 Å². The third-order valence-corrected chi connectivity index (χ3v) is 6.64. The Kier molecular flexibility index (Phi) is 7.01. The van der Waals surface area contributed by atoms with Crippen molar-refractivity contribution in [1.29, 1.82) is 0 Å². The summed E-state index contributed by atoms with van der Waals surface area (Å²) in [6.45, 7) is 4.16. The first-order valence-corrected chi connectivity index (χ1v) is 11.8. The summed E-state index contributed by atoms with van der Waals surface area (Å²) in [4.78, 5) is 25.4. The van der Waals surface area contributed by atoms with Crippen LogP contribution in [0.2, 0.25) is 0 Å². The van der Waals surface area contributed by atoms with Gasteiger partial charge in [-0.25, -0.2) is 0 Å². The molecule has 3 N–H and O–H groups in total. The molecule has 0 saturated carbocycles. The van der Waals surface area contributed by atoms with Crippen LogP contribution in [0.25, 0.3) is 0 Å². The lowest BCUT2D eigenvalue weighted by Gasteiger charge is -2.32. The van der Waals surface area contributed by atoms with Crippen LogP contribution >= 0.6 is 0 Å². The highest BCUT2D eigenvalue weighted by Gasteiger charge is 2.29. The van der Waals surface area contributed by atoms with Crippen molar-refractivity contribution in [3.63, 3.8) is 0 Å². The van der Waals surface area contributed by atoms with Gasteiger partial charge in [0.2, 0.25) is 5.75 Å². The first-order chi connectivity index (χ1) is 17.2. The van der Waals surface area contributed by atoms with Crippen molar-refractivity contribution in [1.82, 2.24) is 10.2 Å². The van der Waals surface area contributed by atoms with E-state index in [1.165, 1.54) is 21.3 Å². The smallest absolute Gasteiger partial charge is 0.306 e. The van der Waals surface area contributed by atoms with Crippen molar-refractivity contribution >= 4 is 5.97 Å². The standard InChI is InChI=1S/C27H32N2O7/c1-27(2)9-8-16-10-15(6-7-20(16)36-27)11-19-24(26(32)29-28-19)18(14-23(30)35-5)17-12-21(33-3)25(31)22(13-17)34-4/h6-7,10,12-13,18,31H,8-9,11,14H2,1-5H3,(H2,28,29,32)/t18-/m0/s1. The van der Waals surface area contributed by atoms with Gasteiger partial charge < -0.3 is 29.2 Å². The van der Waals surface area contributed by atoms with Crippen LogP contribution in [0.1, 0.15) is 60.6 Å². The second-order valence-electron chi connectivity index (χ2n) is 9.56. The number of aromatic nitrogens is 2. The third-order valence-electron chi connectivity index (χ3n) is 6.64. The zero-order valence-corrected chi connectivity index (χ0v) is 21.2. The largest absolute Gasteiger partial charge is 0.502 e. The van der Waals surface area contributed by atoms with Gasteiger partial charge in [0.15, 0.2) is 11.5 Å². The maximum atomic E-state index is 13.0. The molecule has 3 aromatic rings. The van der Waals surface area contributed by atoms with Gasteiger partial charge in [-0.15, -0.1) is 0 Å². The molecule has 0 aliphatic carbocycles. The van der Waals surface area contributed by atoms with E-state index in [9.17, 15) is 14.7 Å². The lowest BCUT2D eigenvalue weighted by molar-refractivity contribution is -0.140. The van der Waals surface area contributed by atoms with Gasteiger partial charge in [0, 0.05) is 23.6 Å². The molecule has 0 spiro atoms. The van der Waals surface area contributed by atoms with Gasteiger partial charge in [-0.3, -0.25) is 14.7 Å². The number of methoxy groups -OCH3 is 3. The lowest BCUT2D eigenvalue weighted by atomic mass is 9.86. The number of carbonyl (C=O) groups is 1. The number of nitrogens with one attached hydrogen (secondary N) is 2. The summed E-state index contributed by atoms with van der Waals surface area (Å²) in [5.41, 5.74) is 3.23. The van der Waals surface area contributed by atoms with Crippen molar-refractivity contribution < 1.29 is 28.8 Å². The fourth-order valence-electron chi connectivity index (χ4n) is 4.69. The van der Waals surface area contributed by atoms with Crippen LogP contribution in [-0.4, -0.2) is 48.2 Å². The number of ether oxygens (including phenoxy) is 4. The van der Waals surface area contributed by atoms with Crippen LogP contribution in [-0.2, 0) is 22.4 Å². The van der Waals surface area contributed by atoms with Crippen molar-refractivity contribution in [3.8, 4) is 23.0 Å². The fraction of sp³-hybridized carbons (Fsp3) is 0.407. The van der Waals surface area contributed by atoms with E-state index in [0.717, 1.165) is 29.7 Å². The number of fused-ring (bicyclic) bond motifs is 1. The topological polar surface area (TPSA) is 123 Å². The normalized spacial score (nSPS) is 14.9. The SMILES string of the molecule is COC(=O)C[C@@H](c1cc(OC)c(O)c(OC)c1)c1c(Cc2ccc3c(c2)CCC(C)(C)O3)[nH][nH]c1=O. The molecule has 2 heterocycles. The molecule has 2 aromatic carbocycles. The van der Waals surface area contributed by atoms with Crippen molar-refractivity contribution in [2.75, 3.05) is 21.3 Å². The Morgan fingerprint density at radius 3 is 2.44 bits per heavy atom. The summed E-state index contributed by atoms with van der Waals surface area (Å²) in [5.74, 6) is -0.0951. The Morgan fingerprint density at radius 2 is 1.81 bits per heavy atom. The predicted octanol–water partition coefficient (Wildman–Crippen LogP) is 3.82. The first-order valence-electron chi connectivity index (χ1n) is 11.8. The third kappa shape index (κ3) is 5.05. The van der Waals surface area contributed by atoms with Gasteiger partial charge in [-0.2, -0.15) is 0 Å². The number of H-pyrrole nitrogens is 2. The van der Waals surface area contributed by atoms with Gasteiger partial charge in [0.05, 0.1) is 27.8 Å². The molecule has 0 amide bonds. The molecule has 1 aliphatic heterocycles. The summed E-state index contributed by atoms with van der Waals surface area (Å²) in [6, 6.07) is 9.25. The maximum Gasteiger partial charge on any atom is 0.306 e. The Balaban J connectivity index is 1.75. The molecule has 0 fully saturated rings. The van der Waals surface area contributed by atoms with E-state index in [1.54, 1.807) is 12.1 Å². The number of hydrogen-bond acceptors (Lipinski definition) is 7. The zero-order chi connectivity index (χ0) is 26.0. The van der Waals surface area contributed by atoms with Gasteiger partial charge in [0.25, 0.3) is 5.56 Å². The Bertz CT molecular complexity index is 1300. The number of aromatic amines is 2. The molecule has 0 radical (unpaired) electrons. The fourth-order valence-corrected chi connectivity index (χ4v) is 4.69. The maximum absolute atomic E-state index is 13.0. The average Bonchev–Trinajstić information content (AvgIpc) is 3.21. The second-order valence-corrected chi connectivity index (χ2v) is 9.56. The zero-order valence-electron chi connectivity index (χ0n) is 21.2. The number of benzene rings is 2. The van der Waals surface area contributed by atoms with Gasteiger partial charge in [-0.1, -0.05) is 12.1 Å². The van der Waals surface area contributed by atoms with Crippen LogP contribution in [0.4, 0.5) is 0 Å². The van der Waals surface area contributed by atoms with Gasteiger partial charge in [0.1, 0.15) is 11.4 Å². The molecule has 0 unspecified atom stereocenters.